The Labute approximate surface area is 157 Å². The number of halogens is 1. The van der Waals surface area contributed by atoms with Gasteiger partial charge in [-0.15, -0.1) is 0 Å². The van der Waals surface area contributed by atoms with Crippen LogP contribution >= 0.6 is 11.6 Å². The van der Waals surface area contributed by atoms with E-state index in [1.165, 1.54) is 0 Å². The van der Waals surface area contributed by atoms with Crippen molar-refractivity contribution in [2.45, 2.75) is 38.8 Å². The van der Waals surface area contributed by atoms with E-state index >= 15 is 0 Å². The molecule has 0 bridgehead atoms. The van der Waals surface area contributed by atoms with Crippen molar-refractivity contribution in [1.29, 1.82) is 0 Å². The smallest absolute Gasteiger partial charge is 0.245 e. The molecular formula is C19H21ClN4O2. The van der Waals surface area contributed by atoms with Gasteiger partial charge in [-0.3, -0.25) is 14.7 Å². The number of nitrogens with zero attached hydrogens (tertiary/aromatic N) is 3. The molecule has 2 aliphatic heterocycles. The van der Waals surface area contributed by atoms with Gasteiger partial charge < -0.3 is 9.80 Å². The summed E-state index contributed by atoms with van der Waals surface area (Å²) in [4.78, 5) is 28.4. The number of H-pyrrole nitrogens is 1. The van der Waals surface area contributed by atoms with Crippen molar-refractivity contribution >= 4 is 23.4 Å². The summed E-state index contributed by atoms with van der Waals surface area (Å²) in [5.74, 6) is 0.0860. The van der Waals surface area contributed by atoms with Crippen LogP contribution in [0.15, 0.2) is 24.3 Å². The first kappa shape index (κ1) is 17.1. The standard InChI is InChI=1S/C19H21ClN4O2/c1-12(24-9-2-3-17(24)25)19(26)23-10-8-16-15(11-23)18(22-21-16)13-4-6-14(20)7-5-13/h4-7,12H,2-3,8-11H2,1H3,(H,21,22). The molecule has 1 atom stereocenters. The van der Waals surface area contributed by atoms with Crippen molar-refractivity contribution in [2.24, 2.45) is 0 Å². The highest BCUT2D eigenvalue weighted by Gasteiger charge is 2.34. The number of hydrogen-bond donors (Lipinski definition) is 1. The van der Waals surface area contributed by atoms with Crippen molar-refractivity contribution in [3.63, 3.8) is 0 Å². The van der Waals surface area contributed by atoms with E-state index in [9.17, 15) is 9.59 Å². The maximum atomic E-state index is 12.9. The van der Waals surface area contributed by atoms with Crippen LogP contribution in [0.2, 0.25) is 5.02 Å². The number of aromatic nitrogens is 2. The summed E-state index contributed by atoms with van der Waals surface area (Å²) < 4.78 is 0. The molecular weight excluding hydrogens is 352 g/mol. The topological polar surface area (TPSA) is 69.3 Å². The van der Waals surface area contributed by atoms with Crippen molar-refractivity contribution in [2.75, 3.05) is 13.1 Å². The zero-order valence-corrected chi connectivity index (χ0v) is 15.4. The highest BCUT2D eigenvalue weighted by molar-refractivity contribution is 6.30. The van der Waals surface area contributed by atoms with Crippen molar-refractivity contribution < 1.29 is 9.59 Å². The van der Waals surface area contributed by atoms with Crippen molar-refractivity contribution in [1.82, 2.24) is 20.0 Å². The highest BCUT2D eigenvalue weighted by Crippen LogP contribution is 2.29. The Hall–Kier alpha value is -2.34. The number of amides is 2. The second-order valence-electron chi connectivity index (χ2n) is 6.91. The number of fused-ring (bicyclic) bond motifs is 1. The lowest BCUT2D eigenvalue weighted by atomic mass is 10.0. The van der Waals surface area contributed by atoms with Crippen molar-refractivity contribution in [3.05, 3.63) is 40.5 Å². The number of rotatable bonds is 3. The van der Waals surface area contributed by atoms with E-state index in [2.05, 4.69) is 10.2 Å². The minimum Gasteiger partial charge on any atom is -0.336 e. The Morgan fingerprint density at radius 1 is 1.23 bits per heavy atom. The normalized spacial score (nSPS) is 18.2. The van der Waals surface area contributed by atoms with E-state index < -0.39 is 6.04 Å². The lowest BCUT2D eigenvalue weighted by Crippen LogP contribution is -2.48. The second-order valence-corrected chi connectivity index (χ2v) is 7.35. The molecule has 0 radical (unpaired) electrons. The second kappa shape index (κ2) is 6.76. The Bertz CT molecular complexity index is 846. The zero-order valence-electron chi connectivity index (χ0n) is 14.7. The summed E-state index contributed by atoms with van der Waals surface area (Å²) >= 11 is 5.98. The number of carbonyl (C=O) groups is 2. The van der Waals surface area contributed by atoms with E-state index in [-0.39, 0.29) is 11.8 Å². The van der Waals surface area contributed by atoms with E-state index in [0.717, 1.165) is 35.4 Å². The minimum atomic E-state index is -0.405. The van der Waals surface area contributed by atoms with Crippen LogP contribution in [-0.2, 0) is 22.6 Å². The van der Waals surface area contributed by atoms with Crippen LogP contribution in [0, 0.1) is 0 Å². The quantitative estimate of drug-likeness (QED) is 0.900. The lowest BCUT2D eigenvalue weighted by molar-refractivity contribution is -0.143. The molecule has 0 saturated carbocycles. The number of hydrogen-bond acceptors (Lipinski definition) is 3. The number of benzene rings is 1. The van der Waals surface area contributed by atoms with Gasteiger partial charge in [0.25, 0.3) is 0 Å². The molecule has 1 aromatic heterocycles. The predicted octanol–water partition coefficient (Wildman–Crippen LogP) is 2.63. The fourth-order valence-electron chi connectivity index (χ4n) is 3.81. The molecule has 2 amide bonds. The molecule has 2 aliphatic rings. The maximum Gasteiger partial charge on any atom is 0.245 e. The molecule has 1 aromatic carbocycles. The molecule has 26 heavy (non-hydrogen) atoms. The summed E-state index contributed by atoms with van der Waals surface area (Å²) in [6.45, 7) is 3.65. The first-order valence-corrected chi connectivity index (χ1v) is 9.32. The fourth-order valence-corrected chi connectivity index (χ4v) is 3.93. The van der Waals surface area contributed by atoms with Gasteiger partial charge >= 0.3 is 0 Å². The van der Waals surface area contributed by atoms with Gasteiger partial charge in [0.1, 0.15) is 6.04 Å². The van der Waals surface area contributed by atoms with E-state index in [1.54, 1.807) is 4.90 Å². The molecule has 136 valence electrons. The summed E-state index contributed by atoms with van der Waals surface area (Å²) in [6, 6.07) is 7.14. The average molecular weight is 373 g/mol. The summed E-state index contributed by atoms with van der Waals surface area (Å²) in [6.07, 6.45) is 2.12. The molecule has 3 heterocycles. The van der Waals surface area contributed by atoms with Gasteiger partial charge in [-0.05, 0) is 25.5 Å². The molecule has 7 heteroatoms. The number of nitrogens with one attached hydrogen (secondary N) is 1. The monoisotopic (exact) mass is 372 g/mol. The van der Waals surface area contributed by atoms with Crippen LogP contribution in [0.25, 0.3) is 11.3 Å². The van der Waals surface area contributed by atoms with Crippen LogP contribution in [0.5, 0.6) is 0 Å². The Kier molecular flexibility index (Phi) is 4.44. The van der Waals surface area contributed by atoms with Gasteiger partial charge in [-0.1, -0.05) is 23.7 Å². The van der Waals surface area contributed by atoms with Gasteiger partial charge in [0.15, 0.2) is 0 Å². The first-order valence-electron chi connectivity index (χ1n) is 8.95. The summed E-state index contributed by atoms with van der Waals surface area (Å²) in [5.41, 5.74) is 3.96. The van der Waals surface area contributed by atoms with Crippen LogP contribution in [0.4, 0.5) is 0 Å². The molecule has 0 aliphatic carbocycles. The Balaban J connectivity index is 1.55. The largest absolute Gasteiger partial charge is 0.336 e. The number of aromatic amines is 1. The van der Waals surface area contributed by atoms with Gasteiger partial charge in [0.2, 0.25) is 11.8 Å². The van der Waals surface area contributed by atoms with Gasteiger partial charge in [-0.25, -0.2) is 0 Å². The zero-order chi connectivity index (χ0) is 18.3. The molecule has 4 rings (SSSR count). The average Bonchev–Trinajstić information content (AvgIpc) is 3.27. The predicted molar refractivity (Wildman–Crippen MR) is 98.6 cm³/mol. The SMILES string of the molecule is CC(C(=O)N1CCc2[nH]nc(-c3ccc(Cl)cc3)c2C1)N1CCCC1=O. The molecule has 1 unspecified atom stereocenters. The van der Waals surface area contributed by atoms with Gasteiger partial charge in [-0.2, -0.15) is 5.10 Å². The summed E-state index contributed by atoms with van der Waals surface area (Å²) in [7, 11) is 0. The van der Waals surface area contributed by atoms with Crippen LogP contribution in [0.1, 0.15) is 31.0 Å². The first-order chi connectivity index (χ1) is 12.5. The van der Waals surface area contributed by atoms with Crippen molar-refractivity contribution in [3.8, 4) is 11.3 Å². The molecule has 1 N–H and O–H groups in total. The Morgan fingerprint density at radius 3 is 2.69 bits per heavy atom. The summed E-state index contributed by atoms with van der Waals surface area (Å²) in [5, 5.41) is 8.24. The fraction of sp³-hybridized carbons (Fsp3) is 0.421. The number of carbonyl (C=O) groups excluding carboxylic acids is 2. The molecule has 2 aromatic rings. The third kappa shape index (κ3) is 2.98. The molecule has 6 nitrogen and oxygen atoms in total. The van der Waals surface area contributed by atoms with Gasteiger partial charge in [0, 0.05) is 54.3 Å². The molecule has 1 fully saturated rings. The van der Waals surface area contributed by atoms with Crippen LogP contribution < -0.4 is 0 Å². The van der Waals surface area contributed by atoms with E-state index in [1.807, 2.05) is 36.1 Å². The minimum absolute atomic E-state index is 0.00848. The lowest BCUT2D eigenvalue weighted by Gasteiger charge is -2.32. The molecule has 0 spiro atoms. The molecule has 1 saturated heterocycles. The number of likely N-dealkylation sites (tertiary alicyclic amines) is 1. The third-order valence-corrected chi connectivity index (χ3v) is 5.55. The van der Waals surface area contributed by atoms with Gasteiger partial charge in [0.05, 0.1) is 5.69 Å². The third-order valence-electron chi connectivity index (χ3n) is 5.30. The van der Waals surface area contributed by atoms with Crippen LogP contribution in [-0.4, -0.2) is 50.9 Å². The van der Waals surface area contributed by atoms with E-state index in [4.69, 9.17) is 11.6 Å². The van der Waals surface area contributed by atoms with E-state index in [0.29, 0.717) is 31.1 Å². The highest BCUT2D eigenvalue weighted by atomic mass is 35.5. The van der Waals surface area contributed by atoms with Crippen LogP contribution in [0.3, 0.4) is 0 Å². The Morgan fingerprint density at radius 2 is 2.00 bits per heavy atom. The maximum absolute atomic E-state index is 12.9.